The summed E-state index contributed by atoms with van der Waals surface area (Å²) in [4.78, 5) is 2.66. The summed E-state index contributed by atoms with van der Waals surface area (Å²) in [6.07, 6.45) is 0.813. The van der Waals surface area contributed by atoms with E-state index in [1.807, 2.05) is 13.8 Å². The topological polar surface area (TPSA) is 70.7 Å². The van der Waals surface area contributed by atoms with Gasteiger partial charge in [-0.05, 0) is 50.1 Å². The van der Waals surface area contributed by atoms with Crippen LogP contribution in [0.5, 0.6) is 5.75 Å². The lowest BCUT2D eigenvalue weighted by molar-refractivity contribution is 0.239. The van der Waals surface area contributed by atoms with Crippen molar-refractivity contribution in [3.63, 3.8) is 0 Å². The van der Waals surface area contributed by atoms with Crippen molar-refractivity contribution < 1.29 is 13.2 Å². The third-order valence-electron chi connectivity index (χ3n) is 4.10. The zero-order valence-electron chi connectivity index (χ0n) is 14.2. The molecule has 1 aromatic rings. The van der Waals surface area contributed by atoms with Crippen LogP contribution >= 0.6 is 0 Å². The predicted octanol–water partition coefficient (Wildman–Crippen LogP) is 0.886. The van der Waals surface area contributed by atoms with Crippen LogP contribution in [-0.4, -0.2) is 59.7 Å². The summed E-state index contributed by atoms with van der Waals surface area (Å²) in [5.74, 6) is 0.739. The van der Waals surface area contributed by atoms with Gasteiger partial charge in [0.25, 0.3) is 0 Å². The summed E-state index contributed by atoms with van der Waals surface area (Å²) in [5.41, 5.74) is 1.65. The standard InChI is InChI=1S/C16H27N3O3S/c1-13-11-15(12-14(2)16(13)22-3)23(20,21)18-5-4-8-19-9-6-17-7-10-19/h11-12,17-18H,4-10H2,1-3H3. The monoisotopic (exact) mass is 341 g/mol. The Morgan fingerprint density at radius 2 is 1.83 bits per heavy atom. The van der Waals surface area contributed by atoms with Gasteiger partial charge in [-0.1, -0.05) is 0 Å². The van der Waals surface area contributed by atoms with Gasteiger partial charge in [0.1, 0.15) is 5.75 Å². The zero-order chi connectivity index (χ0) is 16.9. The maximum absolute atomic E-state index is 12.4. The molecule has 0 spiro atoms. The van der Waals surface area contributed by atoms with Crippen LogP contribution in [0, 0.1) is 13.8 Å². The largest absolute Gasteiger partial charge is 0.496 e. The average Bonchev–Trinajstić information content (AvgIpc) is 2.52. The third kappa shape index (κ3) is 4.91. The molecule has 7 heteroatoms. The fraction of sp³-hybridized carbons (Fsp3) is 0.625. The molecule has 23 heavy (non-hydrogen) atoms. The van der Waals surface area contributed by atoms with Crippen LogP contribution in [-0.2, 0) is 10.0 Å². The number of hydrogen-bond acceptors (Lipinski definition) is 5. The Hall–Kier alpha value is -1.15. The highest BCUT2D eigenvalue weighted by atomic mass is 32.2. The summed E-state index contributed by atoms with van der Waals surface area (Å²) < 4.78 is 32.8. The van der Waals surface area contributed by atoms with E-state index in [0.717, 1.165) is 56.0 Å². The quantitative estimate of drug-likeness (QED) is 0.721. The Morgan fingerprint density at radius 3 is 2.39 bits per heavy atom. The lowest BCUT2D eigenvalue weighted by Gasteiger charge is -2.27. The molecule has 2 rings (SSSR count). The average molecular weight is 341 g/mol. The number of nitrogens with one attached hydrogen (secondary N) is 2. The summed E-state index contributed by atoms with van der Waals surface area (Å²) in [7, 11) is -1.87. The minimum absolute atomic E-state index is 0.301. The van der Waals surface area contributed by atoms with Gasteiger partial charge in [-0.25, -0.2) is 13.1 Å². The van der Waals surface area contributed by atoms with Gasteiger partial charge in [-0.3, -0.25) is 0 Å². The first-order valence-electron chi connectivity index (χ1n) is 8.02. The lowest BCUT2D eigenvalue weighted by atomic mass is 10.1. The Balaban J connectivity index is 1.91. The molecule has 1 heterocycles. The molecule has 0 unspecified atom stereocenters. The molecule has 2 N–H and O–H groups in total. The first-order valence-corrected chi connectivity index (χ1v) is 9.50. The summed E-state index contributed by atoms with van der Waals surface area (Å²) >= 11 is 0. The van der Waals surface area contributed by atoms with Crippen molar-refractivity contribution in [2.45, 2.75) is 25.2 Å². The number of aryl methyl sites for hydroxylation is 2. The van der Waals surface area contributed by atoms with Gasteiger partial charge < -0.3 is 15.0 Å². The van der Waals surface area contributed by atoms with E-state index in [1.165, 1.54) is 0 Å². The molecule has 1 saturated heterocycles. The molecule has 0 amide bonds. The van der Waals surface area contributed by atoms with E-state index in [2.05, 4.69) is 14.9 Å². The fourth-order valence-corrected chi connectivity index (χ4v) is 4.16. The van der Waals surface area contributed by atoms with Crippen molar-refractivity contribution in [1.82, 2.24) is 14.9 Å². The Bertz CT molecular complexity index is 602. The number of ether oxygens (including phenoxy) is 1. The molecule has 0 saturated carbocycles. The van der Waals surface area contributed by atoms with Crippen LogP contribution < -0.4 is 14.8 Å². The maximum Gasteiger partial charge on any atom is 0.240 e. The van der Waals surface area contributed by atoms with Crippen molar-refractivity contribution in [3.8, 4) is 5.75 Å². The van der Waals surface area contributed by atoms with Crippen LogP contribution in [0.4, 0.5) is 0 Å². The minimum Gasteiger partial charge on any atom is -0.496 e. The van der Waals surface area contributed by atoms with E-state index in [9.17, 15) is 8.42 Å². The molecular weight excluding hydrogens is 314 g/mol. The maximum atomic E-state index is 12.4. The number of methoxy groups -OCH3 is 1. The SMILES string of the molecule is COc1c(C)cc(S(=O)(=O)NCCCN2CCNCC2)cc1C. The Labute approximate surface area is 139 Å². The van der Waals surface area contributed by atoms with E-state index in [0.29, 0.717) is 11.4 Å². The van der Waals surface area contributed by atoms with E-state index in [1.54, 1.807) is 19.2 Å². The van der Waals surface area contributed by atoms with Gasteiger partial charge in [0.2, 0.25) is 10.0 Å². The van der Waals surface area contributed by atoms with Crippen LogP contribution in [0.15, 0.2) is 17.0 Å². The van der Waals surface area contributed by atoms with Crippen LogP contribution in [0.2, 0.25) is 0 Å². The fourth-order valence-electron chi connectivity index (χ4n) is 2.91. The molecule has 1 fully saturated rings. The smallest absolute Gasteiger partial charge is 0.240 e. The molecule has 6 nitrogen and oxygen atoms in total. The molecular formula is C16H27N3O3S. The van der Waals surface area contributed by atoms with Crippen LogP contribution in [0.25, 0.3) is 0 Å². The highest BCUT2D eigenvalue weighted by molar-refractivity contribution is 7.89. The molecule has 1 aliphatic heterocycles. The van der Waals surface area contributed by atoms with Gasteiger partial charge >= 0.3 is 0 Å². The summed E-state index contributed by atoms with van der Waals surface area (Å²) in [5, 5.41) is 3.31. The summed E-state index contributed by atoms with van der Waals surface area (Å²) in [6, 6.07) is 3.31. The number of benzene rings is 1. The molecule has 1 aliphatic rings. The number of nitrogens with zero attached hydrogens (tertiary/aromatic N) is 1. The molecule has 0 aliphatic carbocycles. The molecule has 0 radical (unpaired) electrons. The van der Waals surface area contributed by atoms with Crippen molar-refractivity contribution >= 4 is 10.0 Å². The molecule has 1 aromatic carbocycles. The van der Waals surface area contributed by atoms with E-state index < -0.39 is 10.0 Å². The van der Waals surface area contributed by atoms with Crippen molar-refractivity contribution in [2.24, 2.45) is 0 Å². The number of piperazine rings is 1. The second-order valence-electron chi connectivity index (χ2n) is 5.93. The van der Waals surface area contributed by atoms with Gasteiger partial charge in [-0.2, -0.15) is 0 Å². The Morgan fingerprint density at radius 1 is 1.22 bits per heavy atom. The summed E-state index contributed by atoms with van der Waals surface area (Å²) in [6.45, 7) is 9.17. The van der Waals surface area contributed by atoms with Crippen LogP contribution in [0.3, 0.4) is 0 Å². The van der Waals surface area contributed by atoms with Crippen molar-refractivity contribution in [2.75, 3.05) is 46.4 Å². The second kappa shape index (κ2) is 8.10. The third-order valence-corrected chi connectivity index (χ3v) is 5.54. The first-order chi connectivity index (χ1) is 10.9. The van der Waals surface area contributed by atoms with Gasteiger partial charge in [0.15, 0.2) is 0 Å². The van der Waals surface area contributed by atoms with Crippen LogP contribution in [0.1, 0.15) is 17.5 Å². The number of rotatable bonds is 7. The minimum atomic E-state index is -3.47. The molecule has 0 atom stereocenters. The zero-order valence-corrected chi connectivity index (χ0v) is 15.0. The van der Waals surface area contributed by atoms with Gasteiger partial charge in [0.05, 0.1) is 12.0 Å². The van der Waals surface area contributed by atoms with Gasteiger partial charge in [-0.15, -0.1) is 0 Å². The molecule has 0 aromatic heterocycles. The van der Waals surface area contributed by atoms with E-state index >= 15 is 0 Å². The lowest BCUT2D eigenvalue weighted by Crippen LogP contribution is -2.44. The second-order valence-corrected chi connectivity index (χ2v) is 7.70. The predicted molar refractivity (Wildman–Crippen MR) is 91.6 cm³/mol. The Kier molecular flexibility index (Phi) is 6.41. The van der Waals surface area contributed by atoms with Crippen molar-refractivity contribution in [1.29, 1.82) is 0 Å². The van der Waals surface area contributed by atoms with E-state index in [4.69, 9.17) is 4.74 Å². The molecule has 130 valence electrons. The van der Waals surface area contributed by atoms with E-state index in [-0.39, 0.29) is 0 Å². The highest BCUT2D eigenvalue weighted by Crippen LogP contribution is 2.26. The first kappa shape index (κ1) is 18.2. The van der Waals surface area contributed by atoms with Crippen molar-refractivity contribution in [3.05, 3.63) is 23.3 Å². The highest BCUT2D eigenvalue weighted by Gasteiger charge is 2.17. The molecule has 0 bridgehead atoms. The normalized spacial score (nSPS) is 16.5. The number of hydrogen-bond donors (Lipinski definition) is 2. The number of sulfonamides is 1. The van der Waals surface area contributed by atoms with Gasteiger partial charge in [0, 0.05) is 32.7 Å².